The standard InChI is InChI=1S/C20H16ClN3O2S/c21-16-8-6-15(7-9-16)20(26)23-17-4-1-3-14(11-17)13-22-24-19(25)12-18-5-2-10-27-18/h1-11,13H,12H2,(H,23,26)(H,24,25)/b22-13+. The molecule has 27 heavy (non-hydrogen) atoms. The lowest BCUT2D eigenvalue weighted by Gasteiger charge is -2.06. The lowest BCUT2D eigenvalue weighted by molar-refractivity contribution is -0.120. The average molecular weight is 398 g/mol. The molecule has 5 nitrogen and oxygen atoms in total. The van der Waals surface area contributed by atoms with Gasteiger partial charge in [-0.15, -0.1) is 11.3 Å². The Hall–Kier alpha value is -2.96. The molecule has 0 saturated heterocycles. The zero-order chi connectivity index (χ0) is 19.1. The third-order valence-electron chi connectivity index (χ3n) is 3.57. The number of amides is 2. The molecule has 0 radical (unpaired) electrons. The first-order valence-corrected chi connectivity index (χ1v) is 9.37. The predicted molar refractivity (Wildman–Crippen MR) is 110 cm³/mol. The van der Waals surface area contributed by atoms with Crippen LogP contribution in [0.1, 0.15) is 20.8 Å². The van der Waals surface area contributed by atoms with Crippen molar-refractivity contribution in [2.24, 2.45) is 5.10 Å². The van der Waals surface area contributed by atoms with Gasteiger partial charge in [-0.1, -0.05) is 29.8 Å². The fourth-order valence-corrected chi connectivity index (χ4v) is 3.12. The molecule has 0 spiro atoms. The van der Waals surface area contributed by atoms with Crippen molar-refractivity contribution in [2.45, 2.75) is 6.42 Å². The van der Waals surface area contributed by atoms with Crippen molar-refractivity contribution < 1.29 is 9.59 Å². The minimum Gasteiger partial charge on any atom is -0.322 e. The molecule has 3 aromatic rings. The van der Waals surface area contributed by atoms with Gasteiger partial charge in [-0.3, -0.25) is 9.59 Å². The van der Waals surface area contributed by atoms with Crippen molar-refractivity contribution in [3.63, 3.8) is 0 Å². The summed E-state index contributed by atoms with van der Waals surface area (Å²) in [6.45, 7) is 0. The van der Waals surface area contributed by atoms with Crippen LogP contribution in [0.15, 0.2) is 71.1 Å². The van der Waals surface area contributed by atoms with E-state index in [0.29, 0.717) is 22.7 Å². The monoisotopic (exact) mass is 397 g/mol. The molecule has 0 fully saturated rings. The van der Waals surface area contributed by atoms with E-state index in [0.717, 1.165) is 10.4 Å². The summed E-state index contributed by atoms with van der Waals surface area (Å²) in [5.41, 5.74) is 4.39. The summed E-state index contributed by atoms with van der Waals surface area (Å²) in [7, 11) is 0. The van der Waals surface area contributed by atoms with E-state index in [2.05, 4.69) is 15.8 Å². The molecule has 3 rings (SSSR count). The van der Waals surface area contributed by atoms with E-state index >= 15 is 0 Å². The van der Waals surface area contributed by atoms with Crippen molar-refractivity contribution >= 4 is 46.7 Å². The zero-order valence-corrected chi connectivity index (χ0v) is 15.8. The van der Waals surface area contributed by atoms with Gasteiger partial charge in [0, 0.05) is 21.2 Å². The zero-order valence-electron chi connectivity index (χ0n) is 14.2. The lowest BCUT2D eigenvalue weighted by atomic mass is 10.2. The number of benzene rings is 2. The van der Waals surface area contributed by atoms with Crippen molar-refractivity contribution in [1.29, 1.82) is 0 Å². The second-order valence-corrected chi connectivity index (χ2v) is 7.10. The predicted octanol–water partition coefficient (Wildman–Crippen LogP) is 4.35. The largest absolute Gasteiger partial charge is 0.322 e. The molecule has 2 N–H and O–H groups in total. The number of rotatable bonds is 6. The first-order chi connectivity index (χ1) is 13.1. The van der Waals surface area contributed by atoms with Crippen LogP contribution in [0.5, 0.6) is 0 Å². The number of anilines is 1. The van der Waals surface area contributed by atoms with Gasteiger partial charge < -0.3 is 5.32 Å². The van der Waals surface area contributed by atoms with Crippen LogP contribution < -0.4 is 10.7 Å². The third-order valence-corrected chi connectivity index (χ3v) is 4.70. The number of hydrogen-bond donors (Lipinski definition) is 2. The molecule has 0 aliphatic rings. The summed E-state index contributed by atoms with van der Waals surface area (Å²) in [4.78, 5) is 25.0. The van der Waals surface area contributed by atoms with Gasteiger partial charge in [0.05, 0.1) is 12.6 Å². The highest BCUT2D eigenvalue weighted by atomic mass is 35.5. The van der Waals surface area contributed by atoms with Crippen LogP contribution >= 0.6 is 22.9 Å². The third kappa shape index (κ3) is 5.77. The molecule has 0 bridgehead atoms. The number of hydrogen-bond acceptors (Lipinski definition) is 4. The summed E-state index contributed by atoms with van der Waals surface area (Å²) in [5, 5.41) is 9.28. The molecule has 2 aromatic carbocycles. The highest BCUT2D eigenvalue weighted by Gasteiger charge is 2.06. The summed E-state index contributed by atoms with van der Waals surface area (Å²) in [6.07, 6.45) is 1.83. The average Bonchev–Trinajstić information content (AvgIpc) is 3.15. The second kappa shape index (κ2) is 9.12. The van der Waals surface area contributed by atoms with Gasteiger partial charge in [0.25, 0.3) is 5.91 Å². The van der Waals surface area contributed by atoms with E-state index in [1.54, 1.807) is 42.5 Å². The number of nitrogens with zero attached hydrogens (tertiary/aromatic N) is 1. The molecule has 0 aliphatic carbocycles. The maximum atomic E-state index is 12.2. The molecule has 0 unspecified atom stereocenters. The summed E-state index contributed by atoms with van der Waals surface area (Å²) in [5.74, 6) is -0.411. The van der Waals surface area contributed by atoms with Crippen LogP contribution in [0.3, 0.4) is 0 Å². The number of nitrogens with one attached hydrogen (secondary N) is 2. The molecule has 2 amide bonds. The number of halogens is 1. The smallest absolute Gasteiger partial charge is 0.255 e. The topological polar surface area (TPSA) is 70.6 Å². The number of carbonyl (C=O) groups is 2. The Labute approximate surface area is 165 Å². The van der Waals surface area contributed by atoms with Crippen LogP contribution in [0, 0.1) is 0 Å². The van der Waals surface area contributed by atoms with Gasteiger partial charge in [0.1, 0.15) is 0 Å². The highest BCUT2D eigenvalue weighted by molar-refractivity contribution is 7.10. The fraction of sp³-hybridized carbons (Fsp3) is 0.0500. The molecule has 0 aliphatic heterocycles. The first kappa shape index (κ1) is 18.8. The van der Waals surface area contributed by atoms with Gasteiger partial charge >= 0.3 is 0 Å². The minimum absolute atomic E-state index is 0.180. The minimum atomic E-state index is -0.231. The Morgan fingerprint density at radius 1 is 1.07 bits per heavy atom. The SMILES string of the molecule is O=C(Cc1cccs1)N/N=C/c1cccc(NC(=O)c2ccc(Cl)cc2)c1. The number of thiophene rings is 1. The highest BCUT2D eigenvalue weighted by Crippen LogP contribution is 2.14. The summed E-state index contributed by atoms with van der Waals surface area (Å²) >= 11 is 7.36. The van der Waals surface area contributed by atoms with Gasteiger partial charge in [-0.2, -0.15) is 5.10 Å². The van der Waals surface area contributed by atoms with E-state index in [9.17, 15) is 9.59 Å². The molecule has 136 valence electrons. The summed E-state index contributed by atoms with van der Waals surface area (Å²) < 4.78 is 0. The molecule has 7 heteroatoms. The lowest BCUT2D eigenvalue weighted by Crippen LogP contribution is -2.19. The van der Waals surface area contributed by atoms with E-state index in [1.807, 2.05) is 23.6 Å². The Morgan fingerprint density at radius 3 is 2.63 bits per heavy atom. The molecular formula is C20H16ClN3O2S. The van der Waals surface area contributed by atoms with Crippen molar-refractivity contribution in [3.05, 3.63) is 87.1 Å². The van der Waals surface area contributed by atoms with E-state index in [4.69, 9.17) is 11.6 Å². The van der Waals surface area contributed by atoms with Crippen LogP contribution in [0.2, 0.25) is 5.02 Å². The van der Waals surface area contributed by atoms with Gasteiger partial charge in [0.15, 0.2) is 0 Å². The van der Waals surface area contributed by atoms with Crippen molar-refractivity contribution in [1.82, 2.24) is 5.43 Å². The van der Waals surface area contributed by atoms with E-state index in [-0.39, 0.29) is 11.8 Å². The number of hydrazone groups is 1. The Bertz CT molecular complexity index is 954. The van der Waals surface area contributed by atoms with Gasteiger partial charge in [-0.05, 0) is 53.4 Å². The molecule has 1 aromatic heterocycles. The van der Waals surface area contributed by atoms with Crippen molar-refractivity contribution in [2.75, 3.05) is 5.32 Å². The van der Waals surface area contributed by atoms with Crippen molar-refractivity contribution in [3.8, 4) is 0 Å². The second-order valence-electron chi connectivity index (χ2n) is 5.64. The maximum absolute atomic E-state index is 12.2. The van der Waals surface area contributed by atoms with E-state index in [1.165, 1.54) is 17.6 Å². The quantitative estimate of drug-likeness (QED) is 0.479. The molecular weight excluding hydrogens is 382 g/mol. The van der Waals surface area contributed by atoms with E-state index < -0.39 is 0 Å². The molecule has 1 heterocycles. The molecule has 0 atom stereocenters. The first-order valence-electron chi connectivity index (χ1n) is 8.11. The maximum Gasteiger partial charge on any atom is 0.255 e. The fourth-order valence-electron chi connectivity index (χ4n) is 2.29. The Morgan fingerprint density at radius 2 is 1.89 bits per heavy atom. The van der Waals surface area contributed by atoms with Crippen LogP contribution in [0.4, 0.5) is 5.69 Å². The Balaban J connectivity index is 1.57. The van der Waals surface area contributed by atoms with Gasteiger partial charge in [-0.25, -0.2) is 5.43 Å². The molecule has 0 saturated carbocycles. The van der Waals surface area contributed by atoms with Gasteiger partial charge in [0.2, 0.25) is 5.91 Å². The van der Waals surface area contributed by atoms with Crippen LogP contribution in [0.25, 0.3) is 0 Å². The Kier molecular flexibility index (Phi) is 6.35. The van der Waals surface area contributed by atoms with Crippen LogP contribution in [-0.4, -0.2) is 18.0 Å². The van der Waals surface area contributed by atoms with Crippen LogP contribution in [-0.2, 0) is 11.2 Å². The normalized spacial score (nSPS) is 10.7. The summed E-state index contributed by atoms with van der Waals surface area (Å²) in [6, 6.07) is 17.6. The number of carbonyl (C=O) groups excluding carboxylic acids is 2.